The summed E-state index contributed by atoms with van der Waals surface area (Å²) in [6, 6.07) is 4.97. The lowest BCUT2D eigenvalue weighted by Crippen LogP contribution is -2.31. The quantitative estimate of drug-likeness (QED) is 0.887. The topological polar surface area (TPSA) is 67.2 Å². The zero-order valence-corrected chi connectivity index (χ0v) is 12.0. The molecule has 106 valence electrons. The normalized spacial score (nSPS) is 12.2. The first-order chi connectivity index (χ1) is 9.58. The summed E-state index contributed by atoms with van der Waals surface area (Å²) in [6.07, 6.45) is 3.86. The second kappa shape index (κ2) is 6.74. The lowest BCUT2D eigenvalue weighted by atomic mass is 10.1. The summed E-state index contributed by atoms with van der Waals surface area (Å²) < 4.78 is 1.63. The fraction of sp³-hybridized carbons (Fsp3) is 0.231. The molecule has 1 heterocycles. The van der Waals surface area contributed by atoms with Crippen LogP contribution in [0.15, 0.2) is 36.9 Å². The number of aromatic nitrogens is 2. The summed E-state index contributed by atoms with van der Waals surface area (Å²) in [5, 5.41) is 13.4. The van der Waals surface area contributed by atoms with Crippen LogP contribution in [-0.2, 0) is 11.3 Å². The van der Waals surface area contributed by atoms with Gasteiger partial charge in [0, 0.05) is 34.5 Å². The highest BCUT2D eigenvalue weighted by atomic mass is 35.5. The van der Waals surface area contributed by atoms with Gasteiger partial charge < -0.3 is 15.0 Å². The van der Waals surface area contributed by atoms with Gasteiger partial charge in [0.05, 0.1) is 12.4 Å². The van der Waals surface area contributed by atoms with Crippen LogP contribution in [0.25, 0.3) is 0 Å². The third-order valence-electron chi connectivity index (χ3n) is 2.71. The Hall–Kier alpha value is -1.56. The monoisotopic (exact) mass is 313 g/mol. The van der Waals surface area contributed by atoms with Crippen LogP contribution in [0.5, 0.6) is 0 Å². The molecular formula is C13H13Cl2N3O2. The van der Waals surface area contributed by atoms with Crippen molar-refractivity contribution in [2.24, 2.45) is 0 Å². The van der Waals surface area contributed by atoms with Gasteiger partial charge in [-0.3, -0.25) is 4.79 Å². The summed E-state index contributed by atoms with van der Waals surface area (Å²) in [5.74, 6) is -0.231. The smallest absolute Gasteiger partial charge is 0.240 e. The summed E-state index contributed by atoms with van der Waals surface area (Å²) in [4.78, 5) is 15.5. The summed E-state index contributed by atoms with van der Waals surface area (Å²) in [7, 11) is 0. The summed E-state index contributed by atoms with van der Waals surface area (Å²) in [5.41, 5.74) is 0.416. The molecule has 2 N–H and O–H groups in total. The molecule has 1 atom stereocenters. The minimum absolute atomic E-state index is 0.0387. The number of amides is 1. The molecule has 1 aromatic heterocycles. The second-order valence-electron chi connectivity index (χ2n) is 4.19. The molecule has 20 heavy (non-hydrogen) atoms. The maximum absolute atomic E-state index is 11.7. The number of rotatable bonds is 5. The van der Waals surface area contributed by atoms with E-state index in [9.17, 15) is 9.90 Å². The van der Waals surface area contributed by atoms with Gasteiger partial charge in [-0.05, 0) is 12.1 Å². The van der Waals surface area contributed by atoms with Gasteiger partial charge in [-0.1, -0.05) is 29.3 Å². The highest BCUT2D eigenvalue weighted by Crippen LogP contribution is 2.29. The van der Waals surface area contributed by atoms with Gasteiger partial charge >= 0.3 is 0 Å². The number of nitrogens with one attached hydrogen (secondary N) is 1. The molecule has 0 saturated carbocycles. The molecule has 0 saturated heterocycles. The predicted octanol–water partition coefficient (Wildman–Crippen LogP) is 2.04. The van der Waals surface area contributed by atoms with Gasteiger partial charge in [0.1, 0.15) is 6.54 Å². The Morgan fingerprint density at radius 3 is 2.70 bits per heavy atom. The first-order valence-corrected chi connectivity index (χ1v) is 6.68. The van der Waals surface area contributed by atoms with E-state index in [1.807, 2.05) is 0 Å². The average molecular weight is 314 g/mol. The SMILES string of the molecule is O=C(Cn1ccnc1)NC[C@H](O)c1c(Cl)cccc1Cl. The maximum Gasteiger partial charge on any atom is 0.240 e. The number of aliphatic hydroxyl groups excluding tert-OH is 1. The highest BCUT2D eigenvalue weighted by Gasteiger charge is 2.16. The molecule has 0 aliphatic heterocycles. The van der Waals surface area contributed by atoms with E-state index in [1.165, 1.54) is 0 Å². The average Bonchev–Trinajstić information content (AvgIpc) is 2.89. The number of carbonyl (C=O) groups excluding carboxylic acids is 1. The number of halogens is 2. The molecule has 0 aliphatic carbocycles. The lowest BCUT2D eigenvalue weighted by molar-refractivity contribution is -0.122. The van der Waals surface area contributed by atoms with Crippen molar-refractivity contribution in [2.45, 2.75) is 12.6 Å². The van der Waals surface area contributed by atoms with Crippen LogP contribution in [0.3, 0.4) is 0 Å². The largest absolute Gasteiger partial charge is 0.386 e. The minimum Gasteiger partial charge on any atom is -0.386 e. The van der Waals surface area contributed by atoms with Gasteiger partial charge in [-0.2, -0.15) is 0 Å². The van der Waals surface area contributed by atoms with Crippen LogP contribution in [0.1, 0.15) is 11.7 Å². The molecule has 0 aliphatic rings. The van der Waals surface area contributed by atoms with Crippen molar-refractivity contribution < 1.29 is 9.90 Å². The molecule has 7 heteroatoms. The number of hydrogen-bond donors (Lipinski definition) is 2. The number of imidazole rings is 1. The first-order valence-electron chi connectivity index (χ1n) is 5.92. The van der Waals surface area contributed by atoms with Crippen molar-refractivity contribution in [1.29, 1.82) is 0 Å². The van der Waals surface area contributed by atoms with E-state index in [0.717, 1.165) is 0 Å². The van der Waals surface area contributed by atoms with Crippen LogP contribution >= 0.6 is 23.2 Å². The van der Waals surface area contributed by atoms with E-state index in [-0.39, 0.29) is 19.0 Å². The minimum atomic E-state index is -0.956. The summed E-state index contributed by atoms with van der Waals surface area (Å²) >= 11 is 12.0. The number of benzene rings is 1. The summed E-state index contributed by atoms with van der Waals surface area (Å²) in [6.45, 7) is 0.181. The zero-order chi connectivity index (χ0) is 14.5. The van der Waals surface area contributed by atoms with Gasteiger partial charge in [0.15, 0.2) is 0 Å². The van der Waals surface area contributed by atoms with Crippen molar-refractivity contribution in [3.63, 3.8) is 0 Å². The van der Waals surface area contributed by atoms with Gasteiger partial charge in [-0.15, -0.1) is 0 Å². The van der Waals surface area contributed by atoms with E-state index in [2.05, 4.69) is 10.3 Å². The van der Waals surface area contributed by atoms with Crippen LogP contribution in [-0.4, -0.2) is 27.1 Å². The third-order valence-corrected chi connectivity index (χ3v) is 3.37. The number of hydrogen-bond acceptors (Lipinski definition) is 3. The molecule has 0 fully saturated rings. The van der Waals surface area contributed by atoms with E-state index in [0.29, 0.717) is 15.6 Å². The van der Waals surface area contributed by atoms with E-state index in [4.69, 9.17) is 23.2 Å². The highest BCUT2D eigenvalue weighted by molar-refractivity contribution is 6.36. The molecule has 0 spiro atoms. The molecule has 0 unspecified atom stereocenters. The van der Waals surface area contributed by atoms with Gasteiger partial charge in [-0.25, -0.2) is 4.98 Å². The van der Waals surface area contributed by atoms with Crippen LogP contribution in [0.2, 0.25) is 10.0 Å². The first kappa shape index (κ1) is 14.8. The van der Waals surface area contributed by atoms with E-state index >= 15 is 0 Å². The van der Waals surface area contributed by atoms with Crippen LogP contribution in [0, 0.1) is 0 Å². The third kappa shape index (κ3) is 3.72. The van der Waals surface area contributed by atoms with Crippen molar-refractivity contribution >= 4 is 29.1 Å². The second-order valence-corrected chi connectivity index (χ2v) is 5.00. The zero-order valence-electron chi connectivity index (χ0n) is 10.5. The van der Waals surface area contributed by atoms with Gasteiger partial charge in [0.25, 0.3) is 0 Å². The maximum atomic E-state index is 11.7. The van der Waals surface area contributed by atoms with Crippen LogP contribution in [0.4, 0.5) is 0 Å². The molecule has 1 amide bonds. The molecular weight excluding hydrogens is 301 g/mol. The van der Waals surface area contributed by atoms with Gasteiger partial charge in [0.2, 0.25) is 5.91 Å². The molecule has 1 aromatic carbocycles. The molecule has 5 nitrogen and oxygen atoms in total. The molecule has 0 radical (unpaired) electrons. The van der Waals surface area contributed by atoms with Crippen molar-refractivity contribution in [1.82, 2.24) is 14.9 Å². The van der Waals surface area contributed by atoms with Crippen molar-refractivity contribution in [3.8, 4) is 0 Å². The van der Waals surface area contributed by atoms with E-state index in [1.54, 1.807) is 41.5 Å². The Kier molecular flexibility index (Phi) is 5.00. The molecule has 2 aromatic rings. The molecule has 2 rings (SSSR count). The number of nitrogens with zero attached hydrogens (tertiary/aromatic N) is 2. The Bertz CT molecular complexity index is 567. The Labute approximate surface area is 126 Å². The number of carbonyl (C=O) groups is 1. The Morgan fingerprint density at radius 1 is 1.40 bits per heavy atom. The van der Waals surface area contributed by atoms with Crippen molar-refractivity contribution in [2.75, 3.05) is 6.54 Å². The Morgan fingerprint density at radius 2 is 2.10 bits per heavy atom. The lowest BCUT2D eigenvalue weighted by Gasteiger charge is -2.15. The molecule has 0 bridgehead atoms. The predicted molar refractivity (Wildman–Crippen MR) is 76.7 cm³/mol. The fourth-order valence-corrected chi connectivity index (χ4v) is 2.39. The number of aliphatic hydroxyl groups is 1. The fourth-order valence-electron chi connectivity index (χ4n) is 1.74. The van der Waals surface area contributed by atoms with Crippen LogP contribution < -0.4 is 5.32 Å². The Balaban J connectivity index is 1.92. The van der Waals surface area contributed by atoms with E-state index < -0.39 is 6.10 Å². The van der Waals surface area contributed by atoms with Crippen molar-refractivity contribution in [3.05, 3.63) is 52.5 Å². The standard InChI is InChI=1S/C13H13Cl2N3O2/c14-9-2-1-3-10(15)13(9)11(19)6-17-12(20)7-18-5-4-16-8-18/h1-5,8,11,19H,6-7H2,(H,17,20)/t11-/m0/s1.